The summed E-state index contributed by atoms with van der Waals surface area (Å²) in [6.45, 7) is 1.84. The third kappa shape index (κ3) is 2.94. The van der Waals surface area contributed by atoms with E-state index < -0.39 is 0 Å². The van der Waals surface area contributed by atoms with Gasteiger partial charge in [0.2, 0.25) is 0 Å². The normalized spacial score (nSPS) is 10.3. The maximum absolute atomic E-state index is 12.1. The zero-order valence-electron chi connectivity index (χ0n) is 11.4. The summed E-state index contributed by atoms with van der Waals surface area (Å²) in [5, 5.41) is 2.74. The number of nitrogens with zero attached hydrogens (tertiary/aromatic N) is 4. The monoisotopic (exact) mass is 279 g/mol. The van der Waals surface area contributed by atoms with Gasteiger partial charge in [-0.05, 0) is 31.2 Å². The van der Waals surface area contributed by atoms with Gasteiger partial charge in [-0.15, -0.1) is 0 Å². The van der Waals surface area contributed by atoms with Crippen LogP contribution in [0.1, 0.15) is 16.2 Å². The second-order valence-corrected chi connectivity index (χ2v) is 4.47. The number of carbonyl (C=O) groups is 1. The highest BCUT2D eigenvalue weighted by molar-refractivity contribution is 6.02. The van der Waals surface area contributed by atoms with Crippen molar-refractivity contribution in [3.63, 3.8) is 0 Å². The third-order valence-electron chi connectivity index (χ3n) is 2.87. The highest BCUT2D eigenvalue weighted by Gasteiger charge is 2.09. The maximum Gasteiger partial charge on any atom is 0.275 e. The van der Waals surface area contributed by atoms with E-state index in [1.807, 2.05) is 25.1 Å². The van der Waals surface area contributed by atoms with Crippen molar-refractivity contribution in [1.29, 1.82) is 0 Å². The first kappa shape index (κ1) is 13.0. The minimum atomic E-state index is -0.283. The highest BCUT2D eigenvalue weighted by Crippen LogP contribution is 2.10. The van der Waals surface area contributed by atoms with E-state index >= 15 is 0 Å². The number of hydrogen-bond acceptors (Lipinski definition) is 4. The van der Waals surface area contributed by atoms with Crippen molar-refractivity contribution < 1.29 is 4.79 Å². The molecular weight excluding hydrogens is 266 g/mol. The maximum atomic E-state index is 12.1. The molecule has 3 aromatic heterocycles. The molecule has 3 aromatic rings. The second kappa shape index (κ2) is 5.54. The van der Waals surface area contributed by atoms with Crippen molar-refractivity contribution in [1.82, 2.24) is 19.5 Å². The quantitative estimate of drug-likeness (QED) is 0.798. The molecule has 0 fully saturated rings. The molecule has 0 saturated heterocycles. The Morgan fingerprint density at radius 3 is 2.76 bits per heavy atom. The van der Waals surface area contributed by atoms with Crippen molar-refractivity contribution in [2.45, 2.75) is 6.92 Å². The van der Waals surface area contributed by atoms with E-state index in [0.717, 1.165) is 5.69 Å². The first-order valence-corrected chi connectivity index (χ1v) is 6.43. The van der Waals surface area contributed by atoms with Crippen LogP contribution in [0.3, 0.4) is 0 Å². The zero-order valence-corrected chi connectivity index (χ0v) is 11.4. The standard InChI is InChI=1S/C15H13N5O/c1-11-4-2-5-12(17-11)15(21)19-13-6-3-7-14(18-13)20-9-8-16-10-20/h2-10H,1H3,(H,18,19,21). The Morgan fingerprint density at radius 2 is 2.00 bits per heavy atom. The molecule has 0 aromatic carbocycles. The lowest BCUT2D eigenvalue weighted by Gasteiger charge is -2.07. The molecule has 3 heterocycles. The van der Waals surface area contributed by atoms with Crippen LogP contribution in [0.5, 0.6) is 0 Å². The van der Waals surface area contributed by atoms with Gasteiger partial charge in [-0.2, -0.15) is 0 Å². The lowest BCUT2D eigenvalue weighted by Crippen LogP contribution is -2.15. The molecule has 0 bridgehead atoms. The summed E-state index contributed by atoms with van der Waals surface area (Å²) in [5.41, 5.74) is 1.16. The molecule has 0 spiro atoms. The van der Waals surface area contributed by atoms with Crippen LogP contribution in [0.25, 0.3) is 5.82 Å². The topological polar surface area (TPSA) is 72.7 Å². The molecule has 0 radical (unpaired) electrons. The molecule has 0 aliphatic carbocycles. The van der Waals surface area contributed by atoms with Gasteiger partial charge in [0.25, 0.3) is 5.91 Å². The Labute approximate surface area is 121 Å². The Morgan fingerprint density at radius 1 is 1.14 bits per heavy atom. The summed E-state index contributed by atoms with van der Waals surface area (Å²) < 4.78 is 1.76. The van der Waals surface area contributed by atoms with Gasteiger partial charge < -0.3 is 5.32 Å². The Kier molecular flexibility index (Phi) is 3.42. The van der Waals surface area contributed by atoms with Crippen LogP contribution in [0.2, 0.25) is 0 Å². The van der Waals surface area contributed by atoms with E-state index in [9.17, 15) is 4.79 Å². The largest absolute Gasteiger partial charge is 0.305 e. The fourth-order valence-electron chi connectivity index (χ4n) is 1.88. The predicted molar refractivity (Wildman–Crippen MR) is 78.3 cm³/mol. The molecule has 104 valence electrons. The smallest absolute Gasteiger partial charge is 0.275 e. The van der Waals surface area contributed by atoms with Gasteiger partial charge in [0, 0.05) is 18.1 Å². The molecule has 6 nitrogen and oxygen atoms in total. The number of pyridine rings is 2. The number of carbonyl (C=O) groups excluding carboxylic acids is 1. The summed E-state index contributed by atoms with van der Waals surface area (Å²) in [6, 6.07) is 10.7. The molecule has 1 amide bonds. The number of rotatable bonds is 3. The summed E-state index contributed by atoms with van der Waals surface area (Å²) in [4.78, 5) is 24.7. The molecule has 0 aliphatic rings. The zero-order chi connectivity index (χ0) is 14.7. The van der Waals surface area contributed by atoms with Gasteiger partial charge in [0.15, 0.2) is 0 Å². The first-order valence-electron chi connectivity index (χ1n) is 6.43. The van der Waals surface area contributed by atoms with Gasteiger partial charge in [-0.1, -0.05) is 12.1 Å². The van der Waals surface area contributed by atoms with Crippen LogP contribution < -0.4 is 5.32 Å². The van der Waals surface area contributed by atoms with Crippen molar-refractivity contribution in [3.8, 4) is 5.82 Å². The average molecular weight is 279 g/mol. The van der Waals surface area contributed by atoms with Crippen LogP contribution >= 0.6 is 0 Å². The third-order valence-corrected chi connectivity index (χ3v) is 2.87. The van der Waals surface area contributed by atoms with Crippen molar-refractivity contribution >= 4 is 11.7 Å². The lowest BCUT2D eigenvalue weighted by atomic mass is 10.3. The Balaban J connectivity index is 1.82. The van der Waals surface area contributed by atoms with Crippen LogP contribution in [-0.4, -0.2) is 25.4 Å². The number of amides is 1. The number of imidazole rings is 1. The van der Waals surface area contributed by atoms with Crippen molar-refractivity contribution in [2.24, 2.45) is 0 Å². The second-order valence-electron chi connectivity index (χ2n) is 4.47. The molecule has 3 rings (SSSR count). The molecular formula is C15H13N5O. The molecule has 0 unspecified atom stereocenters. The van der Waals surface area contributed by atoms with Crippen LogP contribution in [0, 0.1) is 6.92 Å². The van der Waals surface area contributed by atoms with E-state index in [1.165, 1.54) is 0 Å². The average Bonchev–Trinajstić information content (AvgIpc) is 3.02. The molecule has 21 heavy (non-hydrogen) atoms. The van der Waals surface area contributed by atoms with E-state index in [4.69, 9.17) is 0 Å². The lowest BCUT2D eigenvalue weighted by molar-refractivity contribution is 0.102. The minimum absolute atomic E-state index is 0.283. The van der Waals surface area contributed by atoms with Crippen LogP contribution in [-0.2, 0) is 0 Å². The molecule has 0 atom stereocenters. The van der Waals surface area contributed by atoms with Crippen LogP contribution in [0.4, 0.5) is 5.82 Å². The van der Waals surface area contributed by atoms with Gasteiger partial charge in [0.1, 0.15) is 23.7 Å². The van der Waals surface area contributed by atoms with Gasteiger partial charge >= 0.3 is 0 Å². The number of anilines is 1. The van der Waals surface area contributed by atoms with Crippen molar-refractivity contribution in [3.05, 3.63) is 66.5 Å². The fourth-order valence-corrected chi connectivity index (χ4v) is 1.88. The predicted octanol–water partition coefficient (Wildman–Crippen LogP) is 2.22. The van der Waals surface area contributed by atoms with Crippen molar-refractivity contribution in [2.75, 3.05) is 5.32 Å². The SMILES string of the molecule is Cc1cccc(C(=O)Nc2cccc(-n3ccnc3)n2)n1. The minimum Gasteiger partial charge on any atom is -0.305 e. The molecule has 0 saturated carbocycles. The van der Waals surface area contributed by atoms with E-state index in [1.54, 1.807) is 41.5 Å². The summed E-state index contributed by atoms with van der Waals surface area (Å²) in [6.07, 6.45) is 5.11. The number of hydrogen-bond donors (Lipinski definition) is 1. The number of nitrogens with one attached hydrogen (secondary N) is 1. The Hall–Kier alpha value is -3.02. The number of aryl methyl sites for hydroxylation is 1. The number of aromatic nitrogens is 4. The molecule has 0 aliphatic heterocycles. The van der Waals surface area contributed by atoms with E-state index in [2.05, 4.69) is 20.3 Å². The first-order chi connectivity index (χ1) is 10.2. The molecule has 1 N–H and O–H groups in total. The molecule has 6 heteroatoms. The fraction of sp³-hybridized carbons (Fsp3) is 0.0667. The highest BCUT2D eigenvalue weighted by atomic mass is 16.1. The van der Waals surface area contributed by atoms with E-state index in [0.29, 0.717) is 17.3 Å². The van der Waals surface area contributed by atoms with Gasteiger partial charge in [-0.3, -0.25) is 9.36 Å². The summed E-state index contributed by atoms with van der Waals surface area (Å²) in [5.74, 6) is 0.867. The van der Waals surface area contributed by atoms with Gasteiger partial charge in [0.05, 0.1) is 0 Å². The Bertz CT molecular complexity index is 767. The summed E-state index contributed by atoms with van der Waals surface area (Å²) in [7, 11) is 0. The van der Waals surface area contributed by atoms with Crippen LogP contribution in [0.15, 0.2) is 55.1 Å². The van der Waals surface area contributed by atoms with Gasteiger partial charge in [-0.25, -0.2) is 15.0 Å². The van der Waals surface area contributed by atoms with E-state index in [-0.39, 0.29) is 5.91 Å². The summed E-state index contributed by atoms with van der Waals surface area (Å²) >= 11 is 0.